The van der Waals surface area contributed by atoms with E-state index in [9.17, 15) is 24.2 Å². The molecule has 0 saturated carbocycles. The van der Waals surface area contributed by atoms with Crippen LogP contribution >= 0.6 is 0 Å². The normalized spacial score (nSPS) is 13.0. The monoisotopic (exact) mass is 485 g/mol. The van der Waals surface area contributed by atoms with Gasteiger partial charge in [-0.2, -0.15) is 5.10 Å². The summed E-state index contributed by atoms with van der Waals surface area (Å²) in [6, 6.07) is 5.65. The first-order valence-corrected chi connectivity index (χ1v) is 11.1. The Bertz CT molecular complexity index is 976. The van der Waals surface area contributed by atoms with Crippen LogP contribution < -0.4 is 5.32 Å². The maximum absolute atomic E-state index is 13.5. The van der Waals surface area contributed by atoms with Crippen LogP contribution in [-0.2, 0) is 4.79 Å². The SMILES string of the molecule is CCCCNC(=O)c1nn(-c2ccc(F)cc2)c(/C=C/[C@H](O)C[C@@H](O)CC(=O)O)c1C(C)C.[NaH]. The molecule has 0 saturated heterocycles. The maximum atomic E-state index is 13.5. The number of halogens is 1. The third-order valence-corrected chi connectivity index (χ3v) is 5.04. The number of amides is 1. The quantitative estimate of drug-likeness (QED) is 0.271. The molecule has 0 radical (unpaired) electrons. The van der Waals surface area contributed by atoms with Crippen molar-refractivity contribution in [3.63, 3.8) is 0 Å². The number of carbonyl (C=O) groups excluding carboxylic acids is 1. The first-order chi connectivity index (χ1) is 15.6. The van der Waals surface area contributed by atoms with Gasteiger partial charge in [0.15, 0.2) is 5.69 Å². The van der Waals surface area contributed by atoms with Gasteiger partial charge in [0.2, 0.25) is 0 Å². The van der Waals surface area contributed by atoms with Crippen LogP contribution in [-0.4, -0.2) is 85.3 Å². The summed E-state index contributed by atoms with van der Waals surface area (Å²) in [5, 5.41) is 36.2. The van der Waals surface area contributed by atoms with Crippen molar-refractivity contribution in [2.24, 2.45) is 0 Å². The first-order valence-electron chi connectivity index (χ1n) is 11.1. The van der Waals surface area contributed by atoms with Gasteiger partial charge in [0.1, 0.15) is 5.82 Å². The molecule has 0 unspecified atom stereocenters. The number of nitrogens with one attached hydrogen (secondary N) is 1. The van der Waals surface area contributed by atoms with E-state index in [0.717, 1.165) is 12.8 Å². The summed E-state index contributed by atoms with van der Waals surface area (Å²) in [5.74, 6) is -1.98. The van der Waals surface area contributed by atoms with Gasteiger partial charge in [-0.05, 0) is 42.7 Å². The number of aromatic nitrogens is 2. The van der Waals surface area contributed by atoms with E-state index in [2.05, 4.69) is 10.4 Å². The Morgan fingerprint density at radius 3 is 2.41 bits per heavy atom. The van der Waals surface area contributed by atoms with Crippen LogP contribution in [0.25, 0.3) is 11.8 Å². The predicted molar refractivity (Wildman–Crippen MR) is 130 cm³/mol. The molecule has 8 nitrogen and oxygen atoms in total. The second kappa shape index (κ2) is 14.4. The molecule has 2 rings (SSSR count). The van der Waals surface area contributed by atoms with Gasteiger partial charge >= 0.3 is 35.5 Å². The van der Waals surface area contributed by atoms with E-state index in [0.29, 0.717) is 23.5 Å². The predicted octanol–water partition coefficient (Wildman–Crippen LogP) is 2.62. The molecule has 1 aromatic heterocycles. The van der Waals surface area contributed by atoms with E-state index in [-0.39, 0.29) is 53.5 Å². The number of carboxylic acid groups (broad SMARTS) is 1. The molecular formula is C24H33FN3NaO5. The van der Waals surface area contributed by atoms with Crippen LogP contribution in [0.5, 0.6) is 0 Å². The van der Waals surface area contributed by atoms with Crippen LogP contribution in [0, 0.1) is 5.82 Å². The van der Waals surface area contributed by atoms with Gasteiger partial charge in [-0.15, -0.1) is 0 Å². The van der Waals surface area contributed by atoms with Gasteiger partial charge in [-0.25, -0.2) is 9.07 Å². The second-order valence-corrected chi connectivity index (χ2v) is 8.21. The van der Waals surface area contributed by atoms with Crippen LogP contribution in [0.2, 0.25) is 0 Å². The number of hydrogen-bond donors (Lipinski definition) is 4. The number of benzene rings is 1. The summed E-state index contributed by atoms with van der Waals surface area (Å²) >= 11 is 0. The minimum absolute atomic E-state index is 0. The van der Waals surface area contributed by atoms with Crippen molar-refractivity contribution in [2.75, 3.05) is 6.54 Å². The molecule has 0 aliphatic heterocycles. The Balaban J connectivity index is 0.00000578. The fraction of sp³-hybridized carbons (Fsp3) is 0.458. The number of carbonyl (C=O) groups is 2. The Kier molecular flexibility index (Phi) is 12.7. The van der Waals surface area contributed by atoms with Crippen molar-refractivity contribution in [3.8, 4) is 5.69 Å². The fourth-order valence-electron chi connectivity index (χ4n) is 3.43. The number of aliphatic hydroxyl groups is 2. The molecule has 1 heterocycles. The average Bonchev–Trinajstić information content (AvgIpc) is 3.12. The van der Waals surface area contributed by atoms with Gasteiger partial charge in [0, 0.05) is 18.5 Å². The van der Waals surface area contributed by atoms with E-state index >= 15 is 0 Å². The molecule has 1 aromatic carbocycles. The van der Waals surface area contributed by atoms with Crippen molar-refractivity contribution < 1.29 is 29.3 Å². The number of aliphatic carboxylic acids is 1. The Morgan fingerprint density at radius 1 is 1.21 bits per heavy atom. The third-order valence-electron chi connectivity index (χ3n) is 5.04. The van der Waals surface area contributed by atoms with Crippen molar-refractivity contribution in [2.45, 2.75) is 64.6 Å². The summed E-state index contributed by atoms with van der Waals surface area (Å²) < 4.78 is 15.0. The molecular weight excluding hydrogens is 452 g/mol. The topological polar surface area (TPSA) is 125 Å². The second-order valence-electron chi connectivity index (χ2n) is 8.21. The molecule has 0 spiro atoms. The zero-order valence-corrected chi connectivity index (χ0v) is 19.2. The Hall–Kier alpha value is -2.04. The van der Waals surface area contributed by atoms with E-state index < -0.39 is 30.4 Å². The van der Waals surface area contributed by atoms with Crippen LogP contribution in [0.4, 0.5) is 4.39 Å². The first kappa shape index (κ1) is 30.0. The van der Waals surface area contributed by atoms with Gasteiger partial charge in [0.05, 0.1) is 30.0 Å². The molecule has 34 heavy (non-hydrogen) atoms. The molecule has 182 valence electrons. The Morgan fingerprint density at radius 2 is 1.85 bits per heavy atom. The van der Waals surface area contributed by atoms with Crippen LogP contribution in [0.1, 0.15) is 74.1 Å². The van der Waals surface area contributed by atoms with E-state index in [1.54, 1.807) is 6.08 Å². The van der Waals surface area contributed by atoms with Crippen molar-refractivity contribution >= 4 is 47.5 Å². The van der Waals surface area contributed by atoms with Gasteiger partial charge in [-0.3, -0.25) is 9.59 Å². The molecule has 0 aliphatic rings. The van der Waals surface area contributed by atoms with Crippen LogP contribution in [0.3, 0.4) is 0 Å². The molecule has 0 aliphatic carbocycles. The number of aliphatic hydroxyl groups excluding tert-OH is 2. The zero-order valence-electron chi connectivity index (χ0n) is 19.2. The van der Waals surface area contributed by atoms with E-state index in [4.69, 9.17) is 5.11 Å². The molecule has 1 amide bonds. The van der Waals surface area contributed by atoms with Crippen molar-refractivity contribution in [1.29, 1.82) is 0 Å². The number of nitrogens with zero attached hydrogens (tertiary/aromatic N) is 2. The molecule has 2 atom stereocenters. The van der Waals surface area contributed by atoms with E-state index in [1.165, 1.54) is 35.0 Å². The van der Waals surface area contributed by atoms with Crippen LogP contribution in [0.15, 0.2) is 30.3 Å². The zero-order chi connectivity index (χ0) is 24.5. The fourth-order valence-corrected chi connectivity index (χ4v) is 3.43. The summed E-state index contributed by atoms with van der Waals surface area (Å²) in [4.78, 5) is 23.6. The van der Waals surface area contributed by atoms with Crippen molar-refractivity contribution in [1.82, 2.24) is 15.1 Å². The van der Waals surface area contributed by atoms with E-state index in [1.807, 2.05) is 20.8 Å². The third kappa shape index (κ3) is 8.63. The number of carboxylic acids is 1. The number of rotatable bonds is 12. The van der Waals surface area contributed by atoms with Gasteiger partial charge in [-0.1, -0.05) is 33.3 Å². The summed E-state index contributed by atoms with van der Waals surface area (Å²) in [6.07, 6.45) is 1.83. The minimum atomic E-state index is -1.20. The number of unbranched alkanes of at least 4 members (excludes halogenated alkanes) is 1. The average molecular weight is 486 g/mol. The standard InChI is InChI=1S/C24H32FN3O5.Na.H/c1-4-5-12-26-24(33)23-22(15(2)3)20(11-10-18(29)13-19(30)14-21(31)32)28(27-23)17-8-6-16(25)7-9-17;;/h6-11,15,18-19,29-30H,4-5,12-14H2,1-3H3,(H,26,33)(H,31,32);;/b11-10+;;/t18-,19+;;/m0../s1. The molecule has 4 N–H and O–H groups in total. The van der Waals surface area contributed by atoms with Gasteiger partial charge in [0.25, 0.3) is 5.91 Å². The Labute approximate surface area is 221 Å². The summed E-state index contributed by atoms with van der Waals surface area (Å²) in [7, 11) is 0. The van der Waals surface area contributed by atoms with Crippen molar-refractivity contribution in [3.05, 3.63) is 53.1 Å². The molecule has 2 aromatic rings. The summed E-state index contributed by atoms with van der Waals surface area (Å²) in [6.45, 7) is 6.37. The molecule has 10 heteroatoms. The molecule has 0 fully saturated rings. The number of hydrogen-bond acceptors (Lipinski definition) is 5. The summed E-state index contributed by atoms with van der Waals surface area (Å²) in [5.41, 5.74) is 1.96. The van der Waals surface area contributed by atoms with Gasteiger partial charge < -0.3 is 20.6 Å². The molecule has 0 bridgehead atoms.